The number of hydrogen-bond acceptors (Lipinski definition) is 4. The summed E-state index contributed by atoms with van der Waals surface area (Å²) in [4.78, 5) is 14.4. The van der Waals surface area contributed by atoms with Gasteiger partial charge in [0.15, 0.2) is 6.61 Å². The predicted octanol–water partition coefficient (Wildman–Crippen LogP) is 3.87. The Balaban J connectivity index is 1.95. The molecular formula is C20H26N2O3. The van der Waals surface area contributed by atoms with E-state index in [-0.39, 0.29) is 12.5 Å². The average Bonchev–Trinajstić information content (AvgIpc) is 2.63. The minimum Gasteiger partial charge on any atom is -0.497 e. The van der Waals surface area contributed by atoms with Crippen LogP contribution in [0.15, 0.2) is 42.5 Å². The number of nitrogens with one attached hydrogen (secondary N) is 1. The average molecular weight is 342 g/mol. The van der Waals surface area contributed by atoms with Crippen LogP contribution in [0.4, 0.5) is 11.4 Å². The zero-order chi connectivity index (χ0) is 18.2. The highest BCUT2D eigenvalue weighted by atomic mass is 16.5. The van der Waals surface area contributed by atoms with Crippen molar-refractivity contribution < 1.29 is 14.3 Å². The maximum Gasteiger partial charge on any atom is 0.262 e. The number of hydrogen-bond donors (Lipinski definition) is 1. The molecule has 0 radical (unpaired) electrons. The summed E-state index contributed by atoms with van der Waals surface area (Å²) < 4.78 is 10.7. The molecule has 2 rings (SSSR count). The van der Waals surface area contributed by atoms with Crippen LogP contribution in [-0.4, -0.2) is 32.7 Å². The largest absolute Gasteiger partial charge is 0.497 e. The van der Waals surface area contributed by atoms with Gasteiger partial charge < -0.3 is 19.7 Å². The molecule has 1 N–H and O–H groups in total. The molecule has 5 nitrogen and oxygen atoms in total. The summed E-state index contributed by atoms with van der Waals surface area (Å²) in [5.41, 5.74) is 2.99. The zero-order valence-corrected chi connectivity index (χ0v) is 15.3. The lowest BCUT2D eigenvalue weighted by Crippen LogP contribution is -2.23. The molecule has 0 unspecified atom stereocenters. The highest BCUT2D eigenvalue weighted by molar-refractivity contribution is 5.92. The van der Waals surface area contributed by atoms with Gasteiger partial charge in [0.1, 0.15) is 11.5 Å². The monoisotopic (exact) mass is 342 g/mol. The van der Waals surface area contributed by atoms with Crippen molar-refractivity contribution >= 4 is 17.3 Å². The van der Waals surface area contributed by atoms with E-state index in [1.807, 2.05) is 31.2 Å². The normalized spacial score (nSPS) is 10.2. The lowest BCUT2D eigenvalue weighted by molar-refractivity contribution is -0.118. The van der Waals surface area contributed by atoms with Gasteiger partial charge in [0, 0.05) is 30.5 Å². The van der Waals surface area contributed by atoms with Crippen LogP contribution < -0.4 is 19.7 Å². The molecule has 0 atom stereocenters. The molecule has 2 aromatic carbocycles. The molecule has 134 valence electrons. The third-order valence-electron chi connectivity index (χ3n) is 4.02. The van der Waals surface area contributed by atoms with Crippen molar-refractivity contribution in [3.8, 4) is 11.5 Å². The van der Waals surface area contributed by atoms with Crippen LogP contribution in [0.3, 0.4) is 0 Å². The SMILES string of the molecule is CCN(CC)c1ccc(NC(=O)COc2cccc(OC)c2)c(C)c1. The van der Waals surface area contributed by atoms with Gasteiger partial charge in [-0.05, 0) is 56.7 Å². The first-order chi connectivity index (χ1) is 12.1. The van der Waals surface area contributed by atoms with Gasteiger partial charge in [-0.3, -0.25) is 4.79 Å². The molecule has 0 aliphatic heterocycles. The Kier molecular flexibility index (Phi) is 6.69. The highest BCUT2D eigenvalue weighted by Crippen LogP contribution is 2.23. The lowest BCUT2D eigenvalue weighted by atomic mass is 10.1. The molecular weight excluding hydrogens is 316 g/mol. The Labute approximate surface area is 149 Å². The second kappa shape index (κ2) is 8.97. The van der Waals surface area contributed by atoms with Crippen molar-refractivity contribution in [2.24, 2.45) is 0 Å². The number of methoxy groups -OCH3 is 1. The number of carbonyl (C=O) groups is 1. The third kappa shape index (κ3) is 5.14. The van der Waals surface area contributed by atoms with Gasteiger partial charge in [0.05, 0.1) is 7.11 Å². The highest BCUT2D eigenvalue weighted by Gasteiger charge is 2.09. The second-order valence-corrected chi connectivity index (χ2v) is 5.69. The number of ether oxygens (including phenoxy) is 2. The van der Waals surface area contributed by atoms with Gasteiger partial charge in [-0.15, -0.1) is 0 Å². The molecule has 0 saturated heterocycles. The Morgan fingerprint density at radius 3 is 2.44 bits per heavy atom. The van der Waals surface area contributed by atoms with E-state index in [2.05, 4.69) is 30.1 Å². The number of amides is 1. The number of carbonyl (C=O) groups excluding carboxylic acids is 1. The Bertz CT molecular complexity index is 712. The molecule has 25 heavy (non-hydrogen) atoms. The van der Waals surface area contributed by atoms with Gasteiger partial charge in [-0.2, -0.15) is 0 Å². The second-order valence-electron chi connectivity index (χ2n) is 5.69. The van der Waals surface area contributed by atoms with Gasteiger partial charge in [0.25, 0.3) is 5.91 Å². The molecule has 0 aliphatic rings. The van der Waals surface area contributed by atoms with Crippen LogP contribution in [0, 0.1) is 6.92 Å². The summed E-state index contributed by atoms with van der Waals surface area (Å²) in [5, 5.41) is 2.90. The Morgan fingerprint density at radius 2 is 1.80 bits per heavy atom. The van der Waals surface area contributed by atoms with Crippen molar-refractivity contribution in [2.45, 2.75) is 20.8 Å². The van der Waals surface area contributed by atoms with Gasteiger partial charge >= 0.3 is 0 Å². The first-order valence-electron chi connectivity index (χ1n) is 8.49. The third-order valence-corrected chi connectivity index (χ3v) is 4.02. The molecule has 0 saturated carbocycles. The van der Waals surface area contributed by atoms with E-state index in [0.29, 0.717) is 11.5 Å². The molecule has 0 bridgehead atoms. The topological polar surface area (TPSA) is 50.8 Å². The number of anilines is 2. The molecule has 5 heteroatoms. The van der Waals surface area contributed by atoms with Crippen molar-refractivity contribution in [1.29, 1.82) is 0 Å². The maximum atomic E-state index is 12.1. The van der Waals surface area contributed by atoms with E-state index >= 15 is 0 Å². The maximum absolute atomic E-state index is 12.1. The van der Waals surface area contributed by atoms with Crippen LogP contribution in [-0.2, 0) is 4.79 Å². The smallest absolute Gasteiger partial charge is 0.262 e. The quantitative estimate of drug-likeness (QED) is 0.791. The van der Waals surface area contributed by atoms with Gasteiger partial charge in [-0.1, -0.05) is 6.07 Å². The summed E-state index contributed by atoms with van der Waals surface area (Å²) in [7, 11) is 1.59. The van der Waals surface area contributed by atoms with Gasteiger partial charge in [0.2, 0.25) is 0 Å². The van der Waals surface area contributed by atoms with Crippen LogP contribution >= 0.6 is 0 Å². The van der Waals surface area contributed by atoms with Gasteiger partial charge in [-0.25, -0.2) is 0 Å². The van der Waals surface area contributed by atoms with E-state index in [9.17, 15) is 4.79 Å². The Morgan fingerprint density at radius 1 is 1.08 bits per heavy atom. The van der Waals surface area contributed by atoms with Crippen molar-refractivity contribution in [3.63, 3.8) is 0 Å². The minimum absolute atomic E-state index is 0.0512. The number of benzene rings is 2. The first-order valence-corrected chi connectivity index (χ1v) is 8.49. The van der Waals surface area contributed by atoms with Crippen molar-refractivity contribution in [1.82, 2.24) is 0 Å². The molecule has 0 aromatic heterocycles. The zero-order valence-electron chi connectivity index (χ0n) is 15.3. The van der Waals surface area contributed by atoms with E-state index in [1.165, 1.54) is 0 Å². The summed E-state index contributed by atoms with van der Waals surface area (Å²) in [6.07, 6.45) is 0. The van der Waals surface area contributed by atoms with Crippen LogP contribution in [0.25, 0.3) is 0 Å². The standard InChI is InChI=1S/C20H26N2O3/c1-5-22(6-2)16-10-11-19(15(3)12-16)21-20(23)14-25-18-9-7-8-17(13-18)24-4/h7-13H,5-6,14H2,1-4H3,(H,21,23). The number of rotatable bonds is 8. The molecule has 0 heterocycles. The van der Waals surface area contributed by atoms with E-state index in [4.69, 9.17) is 9.47 Å². The van der Waals surface area contributed by atoms with Crippen LogP contribution in [0.1, 0.15) is 19.4 Å². The van der Waals surface area contributed by atoms with E-state index < -0.39 is 0 Å². The fourth-order valence-electron chi connectivity index (χ4n) is 2.60. The molecule has 1 amide bonds. The Hall–Kier alpha value is -2.69. The lowest BCUT2D eigenvalue weighted by Gasteiger charge is -2.22. The summed E-state index contributed by atoms with van der Waals surface area (Å²) in [6, 6.07) is 13.2. The summed E-state index contributed by atoms with van der Waals surface area (Å²) in [6.45, 7) is 8.11. The number of aryl methyl sites for hydroxylation is 1. The van der Waals surface area contributed by atoms with Crippen LogP contribution in [0.5, 0.6) is 11.5 Å². The van der Waals surface area contributed by atoms with E-state index in [0.717, 1.165) is 30.0 Å². The fraction of sp³-hybridized carbons (Fsp3) is 0.350. The molecule has 0 spiro atoms. The fourth-order valence-corrected chi connectivity index (χ4v) is 2.60. The molecule has 0 aliphatic carbocycles. The molecule has 0 fully saturated rings. The predicted molar refractivity (Wildman–Crippen MR) is 102 cm³/mol. The van der Waals surface area contributed by atoms with Crippen molar-refractivity contribution in [2.75, 3.05) is 37.0 Å². The molecule has 2 aromatic rings. The summed E-state index contributed by atoms with van der Waals surface area (Å²) >= 11 is 0. The minimum atomic E-state index is -0.193. The van der Waals surface area contributed by atoms with E-state index in [1.54, 1.807) is 19.2 Å². The summed E-state index contributed by atoms with van der Waals surface area (Å²) in [5.74, 6) is 1.10. The number of nitrogens with zero attached hydrogens (tertiary/aromatic N) is 1. The van der Waals surface area contributed by atoms with Crippen molar-refractivity contribution in [3.05, 3.63) is 48.0 Å². The van der Waals surface area contributed by atoms with Crippen LogP contribution in [0.2, 0.25) is 0 Å². The first kappa shape index (κ1) is 18.6.